The van der Waals surface area contributed by atoms with E-state index in [1.54, 1.807) is 6.20 Å². The molecule has 82 valence electrons. The van der Waals surface area contributed by atoms with Gasteiger partial charge < -0.3 is 11.1 Å². The van der Waals surface area contributed by atoms with Gasteiger partial charge in [0.2, 0.25) is 0 Å². The second-order valence-corrected chi connectivity index (χ2v) is 4.85. The third kappa shape index (κ3) is 2.70. The minimum absolute atomic E-state index is 0.387. The highest BCUT2D eigenvalue weighted by molar-refractivity contribution is 9.11. The lowest BCUT2D eigenvalue weighted by molar-refractivity contribution is 1.21. The Hall–Kier alpha value is -1.14. The van der Waals surface area contributed by atoms with E-state index in [-0.39, 0.29) is 0 Å². The zero-order chi connectivity index (χ0) is 11.5. The normalized spacial score (nSPS) is 10.1. The van der Waals surface area contributed by atoms with E-state index in [4.69, 9.17) is 5.73 Å². The molecule has 1 heterocycles. The number of nitrogens with zero attached hydrogens (tertiary/aromatic N) is 2. The Bertz CT molecular complexity index is 516. The maximum atomic E-state index is 5.54. The van der Waals surface area contributed by atoms with E-state index in [9.17, 15) is 0 Å². The average molecular weight is 344 g/mol. The molecule has 2 rings (SSSR count). The van der Waals surface area contributed by atoms with Crippen LogP contribution < -0.4 is 11.1 Å². The van der Waals surface area contributed by atoms with Crippen LogP contribution >= 0.6 is 31.9 Å². The van der Waals surface area contributed by atoms with Crippen LogP contribution in [0.4, 0.5) is 17.3 Å². The van der Waals surface area contributed by atoms with Crippen LogP contribution in [0.25, 0.3) is 0 Å². The first-order valence-corrected chi connectivity index (χ1v) is 6.03. The molecule has 0 atom stereocenters. The lowest BCUT2D eigenvalue weighted by Gasteiger charge is -2.07. The first-order valence-electron chi connectivity index (χ1n) is 4.45. The lowest BCUT2D eigenvalue weighted by Crippen LogP contribution is -1.98. The summed E-state index contributed by atoms with van der Waals surface area (Å²) in [5.41, 5.74) is 6.45. The standard InChI is InChI=1S/C10H8Br2N4/c11-6-1-2-8(7(12)3-6)15-10-5-14-4-9(13)16-10/h1-5H,(H3,13,15,16). The maximum absolute atomic E-state index is 5.54. The van der Waals surface area contributed by atoms with Crippen LogP contribution in [0, 0.1) is 0 Å². The number of anilines is 3. The van der Waals surface area contributed by atoms with Crippen molar-refractivity contribution in [2.24, 2.45) is 0 Å². The van der Waals surface area contributed by atoms with Gasteiger partial charge in [0.15, 0.2) is 5.82 Å². The van der Waals surface area contributed by atoms with Crippen LogP contribution in [0.5, 0.6) is 0 Å². The third-order valence-corrected chi connectivity index (χ3v) is 3.00. The summed E-state index contributed by atoms with van der Waals surface area (Å²) < 4.78 is 1.94. The minimum Gasteiger partial charge on any atom is -0.382 e. The molecule has 0 saturated carbocycles. The van der Waals surface area contributed by atoms with Gasteiger partial charge in [-0.25, -0.2) is 4.98 Å². The Morgan fingerprint density at radius 1 is 1.19 bits per heavy atom. The number of nitrogen functional groups attached to an aromatic ring is 1. The number of nitrogens with two attached hydrogens (primary N) is 1. The summed E-state index contributed by atoms with van der Waals surface area (Å²) in [4.78, 5) is 8.06. The molecule has 16 heavy (non-hydrogen) atoms. The highest BCUT2D eigenvalue weighted by Crippen LogP contribution is 2.28. The molecule has 0 fully saturated rings. The topological polar surface area (TPSA) is 63.8 Å². The number of nitrogens with one attached hydrogen (secondary N) is 1. The van der Waals surface area contributed by atoms with Gasteiger partial charge in [0.1, 0.15) is 5.82 Å². The Labute approximate surface area is 110 Å². The van der Waals surface area contributed by atoms with Crippen molar-refractivity contribution in [1.82, 2.24) is 9.97 Å². The highest BCUT2D eigenvalue weighted by Gasteiger charge is 2.02. The van der Waals surface area contributed by atoms with Gasteiger partial charge in [0.05, 0.1) is 18.1 Å². The molecule has 0 spiro atoms. The highest BCUT2D eigenvalue weighted by atomic mass is 79.9. The fraction of sp³-hybridized carbons (Fsp3) is 0. The maximum Gasteiger partial charge on any atom is 0.151 e. The summed E-state index contributed by atoms with van der Waals surface area (Å²) >= 11 is 6.84. The third-order valence-electron chi connectivity index (χ3n) is 1.85. The van der Waals surface area contributed by atoms with Gasteiger partial charge >= 0.3 is 0 Å². The molecule has 0 aliphatic heterocycles. The molecule has 1 aromatic heterocycles. The molecule has 0 bridgehead atoms. The van der Waals surface area contributed by atoms with Crippen molar-refractivity contribution in [2.45, 2.75) is 0 Å². The molecule has 6 heteroatoms. The molecule has 1 aromatic carbocycles. The van der Waals surface area contributed by atoms with Crippen molar-refractivity contribution in [3.8, 4) is 0 Å². The van der Waals surface area contributed by atoms with Crippen LogP contribution in [-0.2, 0) is 0 Å². The summed E-state index contributed by atoms with van der Waals surface area (Å²) in [6.07, 6.45) is 3.12. The SMILES string of the molecule is Nc1cncc(Nc2ccc(Br)cc2Br)n1. The van der Waals surface area contributed by atoms with Gasteiger partial charge in [-0.1, -0.05) is 15.9 Å². The monoisotopic (exact) mass is 342 g/mol. The predicted molar refractivity (Wildman–Crippen MR) is 71.6 cm³/mol. The lowest BCUT2D eigenvalue weighted by atomic mass is 10.3. The smallest absolute Gasteiger partial charge is 0.151 e. The molecule has 0 aliphatic carbocycles. The number of benzene rings is 1. The van der Waals surface area contributed by atoms with E-state index in [1.165, 1.54) is 6.20 Å². The van der Waals surface area contributed by atoms with E-state index in [1.807, 2.05) is 18.2 Å². The molecule has 0 unspecified atom stereocenters. The first kappa shape index (κ1) is 11.3. The number of rotatable bonds is 2. The van der Waals surface area contributed by atoms with Crippen molar-refractivity contribution < 1.29 is 0 Å². The molecule has 0 radical (unpaired) electrons. The van der Waals surface area contributed by atoms with E-state index in [0.29, 0.717) is 11.6 Å². The Morgan fingerprint density at radius 2 is 2.00 bits per heavy atom. The summed E-state index contributed by atoms with van der Waals surface area (Å²) in [5.74, 6) is 1.00. The largest absolute Gasteiger partial charge is 0.382 e. The summed E-state index contributed by atoms with van der Waals surface area (Å²) in [6, 6.07) is 5.81. The fourth-order valence-corrected chi connectivity index (χ4v) is 2.32. The zero-order valence-corrected chi connectivity index (χ0v) is 11.3. The fourth-order valence-electron chi connectivity index (χ4n) is 1.17. The Morgan fingerprint density at radius 3 is 2.69 bits per heavy atom. The summed E-state index contributed by atoms with van der Waals surface area (Å²) in [5, 5.41) is 3.12. The van der Waals surface area contributed by atoms with Crippen LogP contribution in [0.3, 0.4) is 0 Å². The van der Waals surface area contributed by atoms with Gasteiger partial charge in [-0.3, -0.25) is 4.98 Å². The molecule has 2 aromatic rings. The molecule has 4 nitrogen and oxygen atoms in total. The first-order chi connectivity index (χ1) is 7.65. The van der Waals surface area contributed by atoms with Crippen molar-refractivity contribution in [1.29, 1.82) is 0 Å². The van der Waals surface area contributed by atoms with Gasteiger partial charge in [0.25, 0.3) is 0 Å². The van der Waals surface area contributed by atoms with E-state index in [0.717, 1.165) is 14.6 Å². The van der Waals surface area contributed by atoms with Crippen molar-refractivity contribution in [3.05, 3.63) is 39.5 Å². The average Bonchev–Trinajstić information content (AvgIpc) is 2.22. The number of aromatic nitrogens is 2. The molecule has 0 amide bonds. The van der Waals surface area contributed by atoms with E-state index in [2.05, 4.69) is 47.1 Å². The van der Waals surface area contributed by atoms with Crippen molar-refractivity contribution >= 4 is 49.2 Å². The summed E-state index contributed by atoms with van der Waals surface area (Å²) in [6.45, 7) is 0. The van der Waals surface area contributed by atoms with Gasteiger partial charge in [0, 0.05) is 8.95 Å². The van der Waals surface area contributed by atoms with Crippen LogP contribution in [0.15, 0.2) is 39.5 Å². The van der Waals surface area contributed by atoms with E-state index >= 15 is 0 Å². The van der Waals surface area contributed by atoms with Gasteiger partial charge in [-0.2, -0.15) is 0 Å². The minimum atomic E-state index is 0.387. The second kappa shape index (κ2) is 4.80. The van der Waals surface area contributed by atoms with E-state index < -0.39 is 0 Å². The van der Waals surface area contributed by atoms with Gasteiger partial charge in [-0.15, -0.1) is 0 Å². The molecular weight excluding hydrogens is 336 g/mol. The van der Waals surface area contributed by atoms with Crippen LogP contribution in [0.1, 0.15) is 0 Å². The van der Waals surface area contributed by atoms with Crippen LogP contribution in [-0.4, -0.2) is 9.97 Å². The molecular formula is C10H8Br2N4. The molecule has 0 saturated heterocycles. The Kier molecular flexibility index (Phi) is 3.40. The van der Waals surface area contributed by atoms with Crippen LogP contribution in [0.2, 0.25) is 0 Å². The predicted octanol–water partition coefficient (Wildman–Crippen LogP) is 3.33. The van der Waals surface area contributed by atoms with Crippen molar-refractivity contribution in [2.75, 3.05) is 11.1 Å². The number of hydrogen-bond acceptors (Lipinski definition) is 4. The molecule has 3 N–H and O–H groups in total. The van der Waals surface area contributed by atoms with Crippen molar-refractivity contribution in [3.63, 3.8) is 0 Å². The summed E-state index contributed by atoms with van der Waals surface area (Å²) in [7, 11) is 0. The Balaban J connectivity index is 2.27. The molecule has 0 aliphatic rings. The number of hydrogen-bond donors (Lipinski definition) is 2. The second-order valence-electron chi connectivity index (χ2n) is 3.08. The quantitative estimate of drug-likeness (QED) is 0.877. The zero-order valence-electron chi connectivity index (χ0n) is 8.11. The van der Waals surface area contributed by atoms with Gasteiger partial charge in [-0.05, 0) is 34.1 Å². The number of halogens is 2.